The summed E-state index contributed by atoms with van der Waals surface area (Å²) in [5, 5.41) is 4.29. The maximum absolute atomic E-state index is 11.8. The van der Waals surface area contributed by atoms with Gasteiger partial charge in [0.05, 0.1) is 6.20 Å². The van der Waals surface area contributed by atoms with E-state index in [1.807, 2.05) is 38.6 Å². The van der Waals surface area contributed by atoms with Gasteiger partial charge in [0, 0.05) is 43.4 Å². The highest BCUT2D eigenvalue weighted by Crippen LogP contribution is 2.21. The summed E-state index contributed by atoms with van der Waals surface area (Å²) in [7, 11) is 0. The lowest BCUT2D eigenvalue weighted by Gasteiger charge is -2.39. The Morgan fingerprint density at radius 2 is 2.20 bits per heavy atom. The molecule has 1 aliphatic heterocycles. The molecule has 1 aromatic heterocycles. The summed E-state index contributed by atoms with van der Waals surface area (Å²) in [6, 6.07) is 0.00315. The van der Waals surface area contributed by atoms with Crippen molar-refractivity contribution in [2.75, 3.05) is 13.1 Å². The summed E-state index contributed by atoms with van der Waals surface area (Å²) < 4.78 is 7.22. The van der Waals surface area contributed by atoms with E-state index < -0.39 is 5.60 Å². The van der Waals surface area contributed by atoms with Gasteiger partial charge in [-0.1, -0.05) is 0 Å². The zero-order valence-corrected chi connectivity index (χ0v) is 12.7. The third kappa shape index (κ3) is 3.72. The van der Waals surface area contributed by atoms with Crippen LogP contribution in [-0.2, 0) is 11.3 Å². The van der Waals surface area contributed by atoms with E-state index in [1.54, 1.807) is 11.1 Å². The van der Waals surface area contributed by atoms with Crippen LogP contribution >= 0.6 is 0 Å². The van der Waals surface area contributed by atoms with Crippen LogP contribution in [0.3, 0.4) is 0 Å². The Morgan fingerprint density at radius 3 is 2.70 bits per heavy atom. The monoisotopic (exact) mass is 280 g/mol. The molecule has 1 aromatic rings. The topological polar surface area (TPSA) is 73.4 Å². The molecule has 6 heteroatoms. The fraction of sp³-hybridized carbons (Fsp3) is 0.714. The first kappa shape index (κ1) is 14.8. The molecule has 2 N–H and O–H groups in total. The third-order valence-corrected chi connectivity index (χ3v) is 3.23. The molecule has 0 saturated carbocycles. The van der Waals surface area contributed by atoms with E-state index in [1.165, 1.54) is 0 Å². The van der Waals surface area contributed by atoms with E-state index in [-0.39, 0.29) is 12.1 Å². The number of carbonyl (C=O) groups is 1. The summed E-state index contributed by atoms with van der Waals surface area (Å²) in [6.45, 7) is 9.83. The highest BCUT2D eigenvalue weighted by Gasteiger charge is 2.33. The standard InChI is InChI=1S/C14H24N4O2/c1-10(15)12-5-16-18(9-12)8-11-6-17(7-11)13(19)20-14(2,3)4/h5,9-11H,6-8,15H2,1-4H3. The maximum Gasteiger partial charge on any atom is 0.410 e. The van der Waals surface area contributed by atoms with Gasteiger partial charge >= 0.3 is 6.09 Å². The first-order valence-corrected chi connectivity index (χ1v) is 7.00. The second-order valence-corrected chi connectivity index (χ2v) is 6.54. The molecule has 6 nitrogen and oxygen atoms in total. The zero-order valence-electron chi connectivity index (χ0n) is 12.7. The molecule has 20 heavy (non-hydrogen) atoms. The van der Waals surface area contributed by atoms with Crippen LogP contribution in [0.5, 0.6) is 0 Å². The van der Waals surface area contributed by atoms with Crippen LogP contribution < -0.4 is 5.73 Å². The molecule has 2 heterocycles. The average molecular weight is 280 g/mol. The largest absolute Gasteiger partial charge is 0.444 e. The van der Waals surface area contributed by atoms with Crippen molar-refractivity contribution in [3.63, 3.8) is 0 Å². The highest BCUT2D eigenvalue weighted by atomic mass is 16.6. The molecule has 1 unspecified atom stereocenters. The Balaban J connectivity index is 1.77. The lowest BCUT2D eigenvalue weighted by molar-refractivity contribution is -0.00383. The highest BCUT2D eigenvalue weighted by molar-refractivity contribution is 5.69. The molecule has 112 valence electrons. The van der Waals surface area contributed by atoms with Crippen molar-refractivity contribution in [1.29, 1.82) is 0 Å². The minimum atomic E-state index is -0.434. The van der Waals surface area contributed by atoms with Crippen molar-refractivity contribution in [3.05, 3.63) is 18.0 Å². The number of likely N-dealkylation sites (tertiary alicyclic amines) is 1. The summed E-state index contributed by atoms with van der Waals surface area (Å²) in [6.07, 6.45) is 3.54. The normalized spacial score (nSPS) is 17.8. The number of hydrogen-bond donors (Lipinski definition) is 1. The van der Waals surface area contributed by atoms with Gasteiger partial charge in [0.1, 0.15) is 5.60 Å². The predicted octanol–water partition coefficient (Wildman–Crippen LogP) is 1.77. The van der Waals surface area contributed by atoms with Gasteiger partial charge in [0.2, 0.25) is 0 Å². The molecule has 1 aliphatic rings. The zero-order chi connectivity index (χ0) is 14.9. The molecule has 0 radical (unpaired) electrons. The molecule has 0 bridgehead atoms. The first-order valence-electron chi connectivity index (χ1n) is 7.00. The van der Waals surface area contributed by atoms with Crippen molar-refractivity contribution >= 4 is 6.09 Å². The van der Waals surface area contributed by atoms with Gasteiger partial charge in [-0.25, -0.2) is 4.79 Å². The Hall–Kier alpha value is -1.56. The van der Waals surface area contributed by atoms with Gasteiger partial charge in [-0.2, -0.15) is 5.10 Å². The fourth-order valence-electron chi connectivity index (χ4n) is 2.14. The number of amides is 1. The van der Waals surface area contributed by atoms with E-state index in [4.69, 9.17) is 10.5 Å². The summed E-state index contributed by atoms with van der Waals surface area (Å²) in [4.78, 5) is 13.5. The van der Waals surface area contributed by atoms with Gasteiger partial charge in [-0.3, -0.25) is 4.68 Å². The van der Waals surface area contributed by atoms with Crippen molar-refractivity contribution in [3.8, 4) is 0 Å². The van der Waals surface area contributed by atoms with Gasteiger partial charge in [0.15, 0.2) is 0 Å². The Bertz CT molecular complexity index is 470. The third-order valence-electron chi connectivity index (χ3n) is 3.23. The Morgan fingerprint density at radius 1 is 1.55 bits per heavy atom. The molecule has 1 amide bonds. The average Bonchev–Trinajstić information content (AvgIpc) is 2.68. The van der Waals surface area contributed by atoms with Crippen LogP contribution in [0.25, 0.3) is 0 Å². The minimum Gasteiger partial charge on any atom is -0.444 e. The predicted molar refractivity (Wildman–Crippen MR) is 76.1 cm³/mol. The van der Waals surface area contributed by atoms with Gasteiger partial charge < -0.3 is 15.4 Å². The van der Waals surface area contributed by atoms with Crippen molar-refractivity contribution in [1.82, 2.24) is 14.7 Å². The first-order chi connectivity index (χ1) is 9.24. The van der Waals surface area contributed by atoms with E-state index in [9.17, 15) is 4.79 Å². The van der Waals surface area contributed by atoms with E-state index in [2.05, 4.69) is 5.10 Å². The van der Waals surface area contributed by atoms with Gasteiger partial charge in [-0.05, 0) is 27.7 Å². The molecule has 1 atom stereocenters. The molecule has 2 rings (SSSR count). The second-order valence-electron chi connectivity index (χ2n) is 6.54. The number of rotatable bonds is 3. The van der Waals surface area contributed by atoms with Crippen LogP contribution in [0.4, 0.5) is 4.79 Å². The lowest BCUT2D eigenvalue weighted by Crippen LogP contribution is -2.52. The fourth-order valence-corrected chi connectivity index (χ4v) is 2.14. The number of nitrogens with two attached hydrogens (primary N) is 1. The van der Waals surface area contributed by atoms with Crippen molar-refractivity contribution in [2.24, 2.45) is 11.7 Å². The van der Waals surface area contributed by atoms with E-state index in [0.717, 1.165) is 25.2 Å². The Labute approximate surface area is 119 Å². The molecule has 1 fully saturated rings. The molecule has 1 saturated heterocycles. The molecular weight excluding hydrogens is 256 g/mol. The number of aromatic nitrogens is 2. The number of ether oxygens (including phenoxy) is 1. The molecule has 0 spiro atoms. The molecule has 0 aromatic carbocycles. The van der Waals surface area contributed by atoms with Crippen LogP contribution in [0, 0.1) is 5.92 Å². The van der Waals surface area contributed by atoms with Crippen LogP contribution in [0.1, 0.15) is 39.3 Å². The van der Waals surface area contributed by atoms with Crippen molar-refractivity contribution in [2.45, 2.75) is 45.9 Å². The number of nitrogens with zero attached hydrogens (tertiary/aromatic N) is 3. The SMILES string of the molecule is CC(N)c1cnn(CC2CN(C(=O)OC(C)(C)C)C2)c1. The summed E-state index contributed by atoms with van der Waals surface area (Å²) in [5.74, 6) is 0.434. The summed E-state index contributed by atoms with van der Waals surface area (Å²) in [5.41, 5.74) is 6.40. The lowest BCUT2D eigenvalue weighted by atomic mass is 10.0. The van der Waals surface area contributed by atoms with Crippen molar-refractivity contribution < 1.29 is 9.53 Å². The second kappa shape index (κ2) is 5.44. The van der Waals surface area contributed by atoms with Gasteiger partial charge in [0.25, 0.3) is 0 Å². The minimum absolute atomic E-state index is 0.00315. The quantitative estimate of drug-likeness (QED) is 0.915. The Kier molecular flexibility index (Phi) is 4.04. The van der Waals surface area contributed by atoms with E-state index in [0.29, 0.717) is 5.92 Å². The molecular formula is C14H24N4O2. The van der Waals surface area contributed by atoms with Crippen LogP contribution in [-0.4, -0.2) is 39.5 Å². The summed E-state index contributed by atoms with van der Waals surface area (Å²) >= 11 is 0. The van der Waals surface area contributed by atoms with E-state index >= 15 is 0 Å². The number of carbonyl (C=O) groups excluding carboxylic acids is 1. The van der Waals surface area contributed by atoms with Gasteiger partial charge in [-0.15, -0.1) is 0 Å². The maximum atomic E-state index is 11.8. The van der Waals surface area contributed by atoms with Crippen LogP contribution in [0.15, 0.2) is 12.4 Å². The molecule has 0 aliphatic carbocycles. The smallest absolute Gasteiger partial charge is 0.410 e. The van der Waals surface area contributed by atoms with Crippen LogP contribution in [0.2, 0.25) is 0 Å². The number of hydrogen-bond acceptors (Lipinski definition) is 4.